The standard InChI is InChI=1S/C33H48N8O9S/c1-3-17(2)28-30(47)29(46)20(10-11-26(34)44)40-41-15-22(38-33(50)24(41)14-27(35)45)25(43)5-4-12-36-23(16-51)32(49)37-21(31(48)39-28)13-18-6-8-19(42)9-7-18/h6-9,17,20-24,28,36,40,42,51H,3-5,10-16H2,1-2H3,(H2,34,44)(H2,35,45)(H,37,49)(H,38,50)(H,39,48)/t17-,20-,21?,22+,23-,24-,28-/m0/s1. The first-order chi connectivity index (χ1) is 24.1. The fraction of sp³-hybridized carbons (Fsp3) is 0.576. The van der Waals surface area contributed by atoms with Crippen LogP contribution in [0.25, 0.3) is 0 Å². The maximum Gasteiger partial charge on any atom is 0.243 e. The van der Waals surface area contributed by atoms with Crippen molar-refractivity contribution in [1.82, 2.24) is 31.7 Å². The molecule has 0 aliphatic carbocycles. The van der Waals surface area contributed by atoms with Gasteiger partial charge in [0.05, 0.1) is 24.5 Å². The topological polar surface area (TPSA) is 272 Å². The molecule has 2 heterocycles. The van der Waals surface area contributed by atoms with Gasteiger partial charge >= 0.3 is 0 Å². The zero-order chi connectivity index (χ0) is 37.8. The maximum atomic E-state index is 14.0. The Labute approximate surface area is 301 Å². The van der Waals surface area contributed by atoms with Crippen molar-refractivity contribution in [1.29, 1.82) is 0 Å². The lowest BCUT2D eigenvalue weighted by molar-refractivity contribution is -0.145. The number of benzene rings is 1. The fourth-order valence-electron chi connectivity index (χ4n) is 5.82. The minimum absolute atomic E-state index is 0.00708. The summed E-state index contributed by atoms with van der Waals surface area (Å²) >= 11 is 4.28. The highest BCUT2D eigenvalue weighted by atomic mass is 32.1. The van der Waals surface area contributed by atoms with E-state index in [9.17, 15) is 43.5 Å². The highest BCUT2D eigenvalue weighted by Crippen LogP contribution is 2.18. The molecule has 0 aromatic heterocycles. The minimum Gasteiger partial charge on any atom is -0.508 e. The Morgan fingerprint density at radius 1 is 0.922 bits per heavy atom. The molecule has 2 unspecified atom stereocenters. The first-order valence-electron chi connectivity index (χ1n) is 16.9. The molecule has 1 aromatic carbocycles. The second-order valence-electron chi connectivity index (χ2n) is 12.9. The van der Waals surface area contributed by atoms with E-state index in [0.717, 1.165) is 0 Å². The Morgan fingerprint density at radius 2 is 1.59 bits per heavy atom. The highest BCUT2D eigenvalue weighted by Gasteiger charge is 2.42. The molecule has 2 aliphatic rings. The SMILES string of the molecule is CC[C@H](C)[C@@H]1NC(=O)C(Cc2ccc(O)cc2)NC(=O)[C@H](CS)NCCCC(=O)[C@H]2CN(N[C@@H](CCC(N)=O)C(=O)C1=O)[C@@H](CC(N)=O)C(=O)N2. The fourth-order valence-corrected chi connectivity index (χ4v) is 6.12. The number of carbonyl (C=O) groups excluding carboxylic acids is 8. The summed E-state index contributed by atoms with van der Waals surface area (Å²) in [6, 6.07) is -1.31. The summed E-state index contributed by atoms with van der Waals surface area (Å²) in [6.07, 6.45) is -0.601. The number of nitrogens with two attached hydrogens (primary N) is 2. The summed E-state index contributed by atoms with van der Waals surface area (Å²) in [5.41, 5.74) is 14.2. The van der Waals surface area contributed by atoms with Crippen LogP contribution >= 0.6 is 12.6 Å². The number of aromatic hydroxyl groups is 1. The average Bonchev–Trinajstić information content (AvgIpc) is 3.08. The number of nitrogens with one attached hydrogen (secondary N) is 5. The number of ketones is 3. The lowest BCUT2D eigenvalue weighted by Crippen LogP contribution is -2.68. The molecule has 2 bridgehead atoms. The van der Waals surface area contributed by atoms with Crippen molar-refractivity contribution < 1.29 is 43.5 Å². The van der Waals surface area contributed by atoms with Crippen molar-refractivity contribution in [2.75, 3.05) is 18.8 Å². The molecule has 3 rings (SSSR count). The number of piperazine rings is 1. The molecule has 10 N–H and O–H groups in total. The monoisotopic (exact) mass is 732 g/mol. The molecule has 18 heteroatoms. The number of carbonyl (C=O) groups is 8. The molecule has 17 nitrogen and oxygen atoms in total. The molecule has 0 spiro atoms. The van der Waals surface area contributed by atoms with Crippen LogP contribution in [0.15, 0.2) is 24.3 Å². The highest BCUT2D eigenvalue weighted by molar-refractivity contribution is 7.80. The molecule has 51 heavy (non-hydrogen) atoms. The molecule has 1 aromatic rings. The second kappa shape index (κ2) is 19.3. The Kier molecular flexibility index (Phi) is 15.5. The van der Waals surface area contributed by atoms with Crippen molar-refractivity contribution in [3.05, 3.63) is 29.8 Å². The van der Waals surface area contributed by atoms with Crippen LogP contribution in [0.4, 0.5) is 0 Å². The predicted molar refractivity (Wildman–Crippen MR) is 187 cm³/mol. The Balaban J connectivity index is 2.07. The number of fused-ring (bicyclic) bond motifs is 2. The molecule has 0 saturated carbocycles. The normalized spacial score (nSPS) is 27.9. The second-order valence-corrected chi connectivity index (χ2v) is 13.2. The summed E-state index contributed by atoms with van der Waals surface area (Å²) in [7, 11) is 0. The van der Waals surface area contributed by atoms with Crippen molar-refractivity contribution in [3.63, 3.8) is 0 Å². The van der Waals surface area contributed by atoms with E-state index in [2.05, 4.69) is 39.3 Å². The smallest absolute Gasteiger partial charge is 0.243 e. The Morgan fingerprint density at radius 3 is 2.20 bits per heavy atom. The van der Waals surface area contributed by atoms with Crippen LogP contribution in [0.2, 0.25) is 0 Å². The van der Waals surface area contributed by atoms with Crippen molar-refractivity contribution in [3.8, 4) is 5.75 Å². The summed E-state index contributed by atoms with van der Waals surface area (Å²) < 4.78 is 0. The summed E-state index contributed by atoms with van der Waals surface area (Å²) in [4.78, 5) is 106. The summed E-state index contributed by atoms with van der Waals surface area (Å²) in [6.45, 7) is 3.39. The van der Waals surface area contributed by atoms with E-state index < -0.39 is 89.7 Å². The first kappa shape index (κ1) is 41.0. The third-order valence-electron chi connectivity index (χ3n) is 9.01. The van der Waals surface area contributed by atoms with Crippen LogP contribution in [0.5, 0.6) is 5.75 Å². The van der Waals surface area contributed by atoms with Gasteiger partial charge in [0.15, 0.2) is 5.78 Å². The number of phenols is 1. The van der Waals surface area contributed by atoms with Crippen LogP contribution < -0.4 is 38.2 Å². The minimum atomic E-state index is -1.46. The van der Waals surface area contributed by atoms with Gasteiger partial charge in [-0.1, -0.05) is 32.4 Å². The van der Waals surface area contributed by atoms with Crippen molar-refractivity contribution in [2.45, 2.75) is 95.0 Å². The van der Waals surface area contributed by atoms with E-state index in [4.69, 9.17) is 11.5 Å². The number of thiol groups is 1. The average molecular weight is 733 g/mol. The van der Waals surface area contributed by atoms with Gasteiger partial charge in [0.1, 0.15) is 23.9 Å². The van der Waals surface area contributed by atoms with Gasteiger partial charge in [-0.3, -0.25) is 38.4 Å². The Bertz CT molecular complexity index is 1480. The summed E-state index contributed by atoms with van der Waals surface area (Å²) in [5.74, 6) is -6.71. The van der Waals surface area contributed by atoms with Crippen LogP contribution in [0, 0.1) is 5.92 Å². The number of hydrogen-bond donors (Lipinski definition) is 9. The lowest BCUT2D eigenvalue weighted by Gasteiger charge is -2.40. The van der Waals surface area contributed by atoms with Gasteiger partial charge in [-0.15, -0.1) is 0 Å². The number of primary amides is 2. The van der Waals surface area contributed by atoms with E-state index in [-0.39, 0.29) is 62.5 Å². The maximum absolute atomic E-state index is 14.0. The third-order valence-corrected chi connectivity index (χ3v) is 9.38. The van der Waals surface area contributed by atoms with Crippen LogP contribution in [-0.4, -0.2) is 112 Å². The largest absolute Gasteiger partial charge is 0.508 e. The first-order valence-corrected chi connectivity index (χ1v) is 17.5. The third kappa shape index (κ3) is 11.8. The molecule has 2 fully saturated rings. The van der Waals surface area contributed by atoms with Crippen molar-refractivity contribution in [2.24, 2.45) is 17.4 Å². The van der Waals surface area contributed by atoms with E-state index in [1.165, 1.54) is 17.1 Å². The number of hydrazine groups is 1. The zero-order valence-electron chi connectivity index (χ0n) is 28.7. The van der Waals surface area contributed by atoms with Gasteiger partial charge in [-0.25, -0.2) is 10.4 Å². The van der Waals surface area contributed by atoms with Gasteiger partial charge in [0.25, 0.3) is 0 Å². The molecule has 2 aliphatic heterocycles. The van der Waals surface area contributed by atoms with Crippen LogP contribution in [0.1, 0.15) is 57.9 Å². The molecule has 0 radical (unpaired) electrons. The number of nitrogens with zero attached hydrogens (tertiary/aromatic N) is 1. The Hall–Kier alpha value is -4.39. The van der Waals surface area contributed by atoms with Crippen LogP contribution in [0.3, 0.4) is 0 Å². The summed E-state index contributed by atoms with van der Waals surface area (Å²) in [5, 5.41) is 21.9. The van der Waals surface area contributed by atoms with Gasteiger partial charge in [-0.05, 0) is 43.0 Å². The van der Waals surface area contributed by atoms with Gasteiger partial charge in [0.2, 0.25) is 41.1 Å². The van der Waals surface area contributed by atoms with E-state index in [1.807, 2.05) is 0 Å². The molecular formula is C33H48N8O9S. The quantitative estimate of drug-likeness (QED) is 0.0894. The van der Waals surface area contributed by atoms with E-state index >= 15 is 0 Å². The molecule has 280 valence electrons. The van der Waals surface area contributed by atoms with Gasteiger partial charge in [-0.2, -0.15) is 12.6 Å². The molecule has 2 saturated heterocycles. The van der Waals surface area contributed by atoms with Gasteiger partial charge < -0.3 is 37.8 Å². The number of rotatable bonds is 10. The van der Waals surface area contributed by atoms with E-state index in [0.29, 0.717) is 12.0 Å². The molecule has 8 atom stereocenters. The number of amides is 5. The van der Waals surface area contributed by atoms with Crippen molar-refractivity contribution >= 4 is 59.5 Å². The number of phenolic OH excluding ortho intramolecular Hbond substituents is 1. The molecular weight excluding hydrogens is 684 g/mol. The predicted octanol–water partition coefficient (Wildman–Crippen LogP) is -2.48. The zero-order valence-corrected chi connectivity index (χ0v) is 29.6. The molecule has 5 amide bonds. The lowest BCUT2D eigenvalue weighted by atomic mass is 9.89. The van der Waals surface area contributed by atoms with Gasteiger partial charge in [0, 0.05) is 31.6 Å². The number of Topliss-reactive ketones (excluding diaryl/α,β-unsaturated/α-hetero) is 3. The van der Waals surface area contributed by atoms with Crippen LogP contribution in [-0.2, 0) is 44.8 Å². The van der Waals surface area contributed by atoms with E-state index in [1.54, 1.807) is 26.0 Å². The number of hydrogen-bond acceptors (Lipinski definition) is 13.